The van der Waals surface area contributed by atoms with Crippen LogP contribution < -0.4 is 5.32 Å². The van der Waals surface area contributed by atoms with E-state index in [4.69, 9.17) is 4.74 Å². The van der Waals surface area contributed by atoms with Gasteiger partial charge in [-0.05, 0) is 28.7 Å². The van der Waals surface area contributed by atoms with Crippen LogP contribution in [0.3, 0.4) is 0 Å². The number of alkyl carbamates (subject to hydrolysis) is 1. The molecule has 0 saturated carbocycles. The summed E-state index contributed by atoms with van der Waals surface area (Å²) in [4.78, 5) is 12.1. The molecule has 0 radical (unpaired) electrons. The first kappa shape index (κ1) is 21.6. The van der Waals surface area contributed by atoms with Crippen LogP contribution in [0.4, 0.5) is 22.4 Å². The lowest BCUT2D eigenvalue weighted by Gasteiger charge is -2.14. The number of carbonyl (C=O) groups is 1. The topological polar surface area (TPSA) is 38.3 Å². The second-order valence-corrected chi connectivity index (χ2v) is 7.33. The molecule has 7 heteroatoms. The highest BCUT2D eigenvalue weighted by molar-refractivity contribution is 5.79. The highest BCUT2D eigenvalue weighted by atomic mass is 19.2. The lowest BCUT2D eigenvalue weighted by molar-refractivity contribution is 0.143. The lowest BCUT2D eigenvalue weighted by Crippen LogP contribution is -2.26. The van der Waals surface area contributed by atoms with E-state index < -0.39 is 34.9 Å². The van der Waals surface area contributed by atoms with Gasteiger partial charge in [-0.2, -0.15) is 0 Å². The quantitative estimate of drug-likeness (QED) is 0.282. The average Bonchev–Trinajstić information content (AvgIpc) is 3.12. The SMILES string of the molecule is O=C(NCCC=Cc1c(F)c(F)cc(F)c1F)OCC1c2ccccc2-c2ccccc21. The molecule has 0 bridgehead atoms. The molecule has 164 valence electrons. The average molecular weight is 441 g/mol. The van der Waals surface area contributed by atoms with Crippen LogP contribution in [0.25, 0.3) is 17.2 Å². The van der Waals surface area contributed by atoms with Crippen molar-refractivity contribution in [3.63, 3.8) is 0 Å². The van der Waals surface area contributed by atoms with Crippen molar-refractivity contribution >= 4 is 12.2 Å². The molecule has 0 atom stereocenters. The zero-order valence-electron chi connectivity index (χ0n) is 16.9. The van der Waals surface area contributed by atoms with Crippen molar-refractivity contribution in [3.8, 4) is 11.1 Å². The van der Waals surface area contributed by atoms with Crippen molar-refractivity contribution in [1.82, 2.24) is 5.32 Å². The molecule has 0 aromatic heterocycles. The molecule has 1 amide bonds. The van der Waals surface area contributed by atoms with Gasteiger partial charge in [-0.25, -0.2) is 22.4 Å². The standard InChI is InChI=1S/C25H19F4NO2/c26-21-13-22(27)24(29)19(23(21)28)11-5-6-12-30-25(31)32-14-20-17-9-3-1-7-15(17)16-8-2-4-10-18(16)20/h1-5,7-11,13,20H,6,12,14H2,(H,30,31). The van der Waals surface area contributed by atoms with Crippen molar-refractivity contribution in [2.75, 3.05) is 13.2 Å². The van der Waals surface area contributed by atoms with Crippen molar-refractivity contribution in [1.29, 1.82) is 0 Å². The minimum atomic E-state index is -1.47. The summed E-state index contributed by atoms with van der Waals surface area (Å²) in [6.07, 6.45) is 1.80. The molecule has 0 unspecified atom stereocenters. The van der Waals surface area contributed by atoms with E-state index in [1.165, 1.54) is 6.08 Å². The number of hydrogen-bond acceptors (Lipinski definition) is 2. The molecule has 32 heavy (non-hydrogen) atoms. The highest BCUT2D eigenvalue weighted by Gasteiger charge is 2.28. The molecule has 3 nitrogen and oxygen atoms in total. The summed E-state index contributed by atoms with van der Waals surface area (Å²) in [5.41, 5.74) is 3.63. The van der Waals surface area contributed by atoms with Gasteiger partial charge in [0.15, 0.2) is 23.3 Å². The van der Waals surface area contributed by atoms with Crippen molar-refractivity contribution < 1.29 is 27.1 Å². The number of hydrogen-bond donors (Lipinski definition) is 1. The molecule has 3 aromatic rings. The van der Waals surface area contributed by atoms with Gasteiger partial charge in [0.05, 0.1) is 5.56 Å². The van der Waals surface area contributed by atoms with Gasteiger partial charge in [-0.1, -0.05) is 60.7 Å². The Balaban J connectivity index is 1.30. The second-order valence-electron chi connectivity index (χ2n) is 7.33. The Morgan fingerprint density at radius 1 is 0.906 bits per heavy atom. The summed E-state index contributed by atoms with van der Waals surface area (Å²) >= 11 is 0. The molecule has 1 N–H and O–H groups in total. The fourth-order valence-corrected chi connectivity index (χ4v) is 3.85. The maximum atomic E-state index is 13.6. The van der Waals surface area contributed by atoms with Gasteiger partial charge in [0, 0.05) is 18.5 Å². The van der Waals surface area contributed by atoms with Crippen molar-refractivity contribution in [2.24, 2.45) is 0 Å². The molecule has 0 aliphatic heterocycles. The first-order valence-corrected chi connectivity index (χ1v) is 10.1. The number of benzene rings is 3. The molecule has 0 heterocycles. The largest absolute Gasteiger partial charge is 0.449 e. The molecule has 1 aliphatic carbocycles. The Hall–Kier alpha value is -3.61. The van der Waals surface area contributed by atoms with E-state index in [0.717, 1.165) is 28.3 Å². The monoisotopic (exact) mass is 441 g/mol. The first-order valence-electron chi connectivity index (χ1n) is 10.1. The van der Waals surface area contributed by atoms with E-state index in [1.54, 1.807) is 0 Å². The van der Waals surface area contributed by atoms with Crippen LogP contribution in [-0.4, -0.2) is 19.2 Å². The van der Waals surface area contributed by atoms with E-state index in [9.17, 15) is 22.4 Å². The molecule has 0 fully saturated rings. The fraction of sp³-hybridized carbons (Fsp3) is 0.160. The van der Waals surface area contributed by atoms with Crippen LogP contribution in [0, 0.1) is 23.3 Å². The number of amides is 1. The Bertz CT molecular complexity index is 1120. The smallest absolute Gasteiger partial charge is 0.407 e. The van der Waals surface area contributed by atoms with E-state index in [0.29, 0.717) is 0 Å². The molecule has 3 aromatic carbocycles. The number of fused-ring (bicyclic) bond motifs is 3. The third kappa shape index (κ3) is 4.23. The summed E-state index contributed by atoms with van der Waals surface area (Å²) in [5, 5.41) is 2.54. The van der Waals surface area contributed by atoms with E-state index in [-0.39, 0.29) is 31.6 Å². The number of carbonyl (C=O) groups excluding carboxylic acids is 1. The second kappa shape index (κ2) is 9.26. The summed E-state index contributed by atoms with van der Waals surface area (Å²) in [6.45, 7) is 0.281. The van der Waals surface area contributed by atoms with Crippen LogP contribution in [0.15, 0.2) is 60.7 Å². The molecular weight excluding hydrogens is 422 g/mol. The molecule has 0 saturated heterocycles. The third-order valence-corrected chi connectivity index (χ3v) is 5.35. The lowest BCUT2D eigenvalue weighted by atomic mass is 9.98. The predicted octanol–water partition coefficient (Wildman–Crippen LogP) is 6.19. The highest BCUT2D eigenvalue weighted by Crippen LogP contribution is 2.44. The number of rotatable bonds is 6. The van der Waals surface area contributed by atoms with Gasteiger partial charge < -0.3 is 10.1 Å². The number of ether oxygens (including phenoxy) is 1. The van der Waals surface area contributed by atoms with Crippen LogP contribution in [0.2, 0.25) is 0 Å². The molecule has 0 spiro atoms. The summed E-state index contributed by atoms with van der Waals surface area (Å²) in [5.74, 6) is -5.95. The predicted molar refractivity (Wildman–Crippen MR) is 113 cm³/mol. The van der Waals surface area contributed by atoms with Crippen LogP contribution in [0.5, 0.6) is 0 Å². The zero-order chi connectivity index (χ0) is 22.7. The van der Waals surface area contributed by atoms with Crippen molar-refractivity contribution in [3.05, 3.63) is 101 Å². The number of nitrogens with one attached hydrogen (secondary N) is 1. The van der Waals surface area contributed by atoms with E-state index in [2.05, 4.69) is 5.32 Å². The Morgan fingerprint density at radius 2 is 1.47 bits per heavy atom. The minimum absolute atomic E-state index is 0.0677. The Kier molecular flexibility index (Phi) is 6.25. The molecule has 1 aliphatic rings. The van der Waals surface area contributed by atoms with Gasteiger partial charge in [-0.3, -0.25) is 0 Å². The normalized spacial score (nSPS) is 12.6. The van der Waals surface area contributed by atoms with Crippen LogP contribution >= 0.6 is 0 Å². The van der Waals surface area contributed by atoms with Crippen LogP contribution in [0.1, 0.15) is 29.0 Å². The fourth-order valence-electron chi connectivity index (χ4n) is 3.85. The maximum absolute atomic E-state index is 13.6. The van der Waals surface area contributed by atoms with E-state index >= 15 is 0 Å². The first-order chi connectivity index (χ1) is 15.5. The summed E-state index contributed by atoms with van der Waals surface area (Å²) in [7, 11) is 0. The minimum Gasteiger partial charge on any atom is -0.449 e. The number of halogens is 4. The van der Waals surface area contributed by atoms with Crippen LogP contribution in [-0.2, 0) is 4.74 Å². The van der Waals surface area contributed by atoms with Crippen molar-refractivity contribution in [2.45, 2.75) is 12.3 Å². The zero-order valence-corrected chi connectivity index (χ0v) is 16.9. The third-order valence-electron chi connectivity index (χ3n) is 5.35. The summed E-state index contributed by atoms with van der Waals surface area (Å²) < 4.78 is 59.0. The molecular formula is C25H19F4NO2. The Labute approximate surface area is 182 Å². The van der Waals surface area contributed by atoms with Gasteiger partial charge in [0.1, 0.15) is 6.61 Å². The molecule has 4 rings (SSSR count). The van der Waals surface area contributed by atoms with Gasteiger partial charge in [0.2, 0.25) is 0 Å². The maximum Gasteiger partial charge on any atom is 0.407 e. The van der Waals surface area contributed by atoms with E-state index in [1.807, 2.05) is 48.5 Å². The van der Waals surface area contributed by atoms with Gasteiger partial charge >= 0.3 is 6.09 Å². The summed E-state index contributed by atoms with van der Waals surface area (Å²) in [6, 6.07) is 16.1. The van der Waals surface area contributed by atoms with Gasteiger partial charge in [0.25, 0.3) is 0 Å². The van der Waals surface area contributed by atoms with Gasteiger partial charge in [-0.15, -0.1) is 0 Å². The Morgan fingerprint density at radius 3 is 2.06 bits per heavy atom.